The van der Waals surface area contributed by atoms with E-state index >= 15 is 0 Å². The lowest BCUT2D eigenvalue weighted by molar-refractivity contribution is -0.137. The summed E-state index contributed by atoms with van der Waals surface area (Å²) in [7, 11) is 1.59. The van der Waals surface area contributed by atoms with Crippen LogP contribution in [0.3, 0.4) is 0 Å². The lowest BCUT2D eigenvalue weighted by Gasteiger charge is -2.20. The van der Waals surface area contributed by atoms with Gasteiger partial charge in [-0.2, -0.15) is 13.2 Å². The van der Waals surface area contributed by atoms with Crippen molar-refractivity contribution < 1.29 is 27.5 Å². The molecule has 1 heterocycles. The van der Waals surface area contributed by atoms with Crippen molar-refractivity contribution in [3.8, 4) is 11.6 Å². The smallest absolute Gasteiger partial charge is 0.416 e. The lowest BCUT2D eigenvalue weighted by atomic mass is 10.2. The van der Waals surface area contributed by atoms with Crippen molar-refractivity contribution in [3.05, 3.63) is 41.6 Å². The van der Waals surface area contributed by atoms with E-state index in [1.165, 1.54) is 28.1 Å². The van der Waals surface area contributed by atoms with E-state index in [9.17, 15) is 18.0 Å². The zero-order valence-corrected chi connectivity index (χ0v) is 15.4. The summed E-state index contributed by atoms with van der Waals surface area (Å²) in [6, 6.07) is 4.41. The maximum atomic E-state index is 12.9. The first-order chi connectivity index (χ1) is 12.8. The minimum atomic E-state index is -4.49. The van der Waals surface area contributed by atoms with Crippen LogP contribution in [-0.2, 0) is 18.1 Å². The number of aromatic nitrogens is 2. The number of aryl methyl sites for hydroxylation is 1. The first kappa shape index (κ1) is 20.8. The number of hydrogen-bond donors (Lipinski definition) is 0. The number of halogens is 3. The highest BCUT2D eigenvalue weighted by atomic mass is 19.4. The third-order valence-corrected chi connectivity index (χ3v) is 3.51. The van der Waals surface area contributed by atoms with Gasteiger partial charge in [0.1, 0.15) is 11.3 Å². The van der Waals surface area contributed by atoms with Crippen molar-refractivity contribution in [3.63, 3.8) is 0 Å². The fraction of sp³-hybridized carbons (Fsp3) is 0.444. The van der Waals surface area contributed by atoms with Gasteiger partial charge in [0.15, 0.2) is 0 Å². The summed E-state index contributed by atoms with van der Waals surface area (Å²) >= 11 is 0. The zero-order chi connectivity index (χ0) is 20.0. The largest absolute Gasteiger partial charge is 0.437 e. The molecular weight excluding hydrogens is 363 g/mol. The quantitative estimate of drug-likeness (QED) is 0.631. The number of alkyl halides is 3. The Hall–Kier alpha value is -2.55. The second kappa shape index (κ2) is 8.90. The van der Waals surface area contributed by atoms with E-state index in [-0.39, 0.29) is 17.2 Å². The number of hydroxylamine groups is 2. The van der Waals surface area contributed by atoms with Gasteiger partial charge in [0.2, 0.25) is 0 Å². The minimum Gasteiger partial charge on any atom is -0.437 e. The van der Waals surface area contributed by atoms with Crippen LogP contribution >= 0.6 is 0 Å². The molecule has 0 fully saturated rings. The van der Waals surface area contributed by atoms with Crippen molar-refractivity contribution in [2.45, 2.75) is 32.9 Å². The number of rotatable bonds is 8. The Morgan fingerprint density at radius 3 is 2.63 bits per heavy atom. The van der Waals surface area contributed by atoms with E-state index in [4.69, 9.17) is 9.57 Å². The maximum Gasteiger partial charge on any atom is 0.416 e. The predicted octanol–water partition coefficient (Wildman–Crippen LogP) is 4.43. The highest BCUT2D eigenvalue weighted by molar-refractivity contribution is 5.95. The molecular formula is C18H22F3N3O3. The molecule has 0 bridgehead atoms. The van der Waals surface area contributed by atoms with Crippen molar-refractivity contribution in [2.75, 3.05) is 13.2 Å². The van der Waals surface area contributed by atoms with Crippen molar-refractivity contribution in [2.24, 2.45) is 7.05 Å². The van der Waals surface area contributed by atoms with Gasteiger partial charge in [-0.15, -0.1) is 5.10 Å². The molecule has 0 atom stereocenters. The summed E-state index contributed by atoms with van der Waals surface area (Å²) in [5.74, 6) is -0.600. The molecule has 0 aliphatic rings. The monoisotopic (exact) mass is 385 g/mol. The third kappa shape index (κ3) is 5.46. The third-order valence-electron chi connectivity index (χ3n) is 3.51. The molecule has 0 saturated heterocycles. The molecule has 0 N–H and O–H groups in total. The second-order valence-corrected chi connectivity index (χ2v) is 5.89. The lowest BCUT2D eigenvalue weighted by Crippen LogP contribution is -2.32. The van der Waals surface area contributed by atoms with Gasteiger partial charge in [-0.05, 0) is 31.0 Å². The van der Waals surface area contributed by atoms with Crippen LogP contribution in [0.25, 0.3) is 0 Å². The molecule has 0 radical (unpaired) electrons. The molecule has 27 heavy (non-hydrogen) atoms. The van der Waals surface area contributed by atoms with Crippen molar-refractivity contribution in [1.29, 1.82) is 0 Å². The second-order valence-electron chi connectivity index (χ2n) is 5.89. The number of carbonyl (C=O) groups excluding carboxylic acids is 1. The molecule has 0 saturated carbocycles. The van der Waals surface area contributed by atoms with E-state index in [0.717, 1.165) is 18.6 Å². The van der Waals surface area contributed by atoms with Crippen LogP contribution in [0, 0.1) is 0 Å². The predicted molar refractivity (Wildman–Crippen MR) is 92.3 cm³/mol. The standard InChI is InChI=1S/C18H22F3N3O3/c1-4-9-24(26-10-5-2)17(25)15-12-23(3)22-16(15)27-14-8-6-7-13(11-14)18(19,20)21/h6-8,11-12H,4-5,9-10H2,1-3H3. The van der Waals surface area contributed by atoms with Gasteiger partial charge < -0.3 is 4.74 Å². The normalized spacial score (nSPS) is 11.5. The molecule has 2 rings (SSSR count). The first-order valence-electron chi connectivity index (χ1n) is 8.59. The van der Waals surface area contributed by atoms with Crippen molar-refractivity contribution >= 4 is 5.91 Å². The summed E-state index contributed by atoms with van der Waals surface area (Å²) in [5, 5.41) is 5.27. The maximum absolute atomic E-state index is 12.9. The van der Waals surface area contributed by atoms with Gasteiger partial charge in [-0.3, -0.25) is 14.3 Å². The molecule has 2 aromatic rings. The molecule has 0 aliphatic heterocycles. The van der Waals surface area contributed by atoms with Gasteiger partial charge in [-0.1, -0.05) is 19.9 Å². The van der Waals surface area contributed by atoms with Crippen LogP contribution in [0.1, 0.15) is 42.6 Å². The van der Waals surface area contributed by atoms with Gasteiger partial charge in [0, 0.05) is 19.8 Å². The van der Waals surface area contributed by atoms with E-state index in [0.29, 0.717) is 19.6 Å². The Kier molecular flexibility index (Phi) is 6.84. The topological polar surface area (TPSA) is 56.6 Å². The Labute approximate surface area is 155 Å². The number of benzene rings is 1. The molecule has 0 spiro atoms. The van der Waals surface area contributed by atoms with Crippen LogP contribution in [0.4, 0.5) is 13.2 Å². The van der Waals surface area contributed by atoms with Gasteiger partial charge in [-0.25, -0.2) is 5.06 Å². The number of nitrogens with zero attached hydrogens (tertiary/aromatic N) is 3. The zero-order valence-electron chi connectivity index (χ0n) is 15.4. The highest BCUT2D eigenvalue weighted by Gasteiger charge is 2.31. The molecule has 148 valence electrons. The Bertz CT molecular complexity index is 775. The van der Waals surface area contributed by atoms with E-state index in [1.807, 2.05) is 13.8 Å². The summed E-state index contributed by atoms with van der Waals surface area (Å²) in [4.78, 5) is 18.2. The van der Waals surface area contributed by atoms with E-state index < -0.39 is 17.6 Å². The van der Waals surface area contributed by atoms with Crippen LogP contribution in [0.2, 0.25) is 0 Å². The fourth-order valence-corrected chi connectivity index (χ4v) is 2.30. The number of amides is 1. The Morgan fingerprint density at radius 1 is 1.26 bits per heavy atom. The summed E-state index contributed by atoms with van der Waals surface area (Å²) < 4.78 is 45.5. The molecule has 9 heteroatoms. The van der Waals surface area contributed by atoms with E-state index in [1.54, 1.807) is 7.05 Å². The van der Waals surface area contributed by atoms with Gasteiger partial charge in [0.25, 0.3) is 11.8 Å². The van der Waals surface area contributed by atoms with Gasteiger partial charge in [0.05, 0.1) is 12.2 Å². The van der Waals surface area contributed by atoms with Gasteiger partial charge >= 0.3 is 6.18 Å². The average molecular weight is 385 g/mol. The van der Waals surface area contributed by atoms with Crippen LogP contribution in [0.15, 0.2) is 30.5 Å². The average Bonchev–Trinajstić information content (AvgIpc) is 2.97. The van der Waals surface area contributed by atoms with E-state index in [2.05, 4.69) is 5.10 Å². The van der Waals surface area contributed by atoms with Crippen LogP contribution in [0.5, 0.6) is 11.6 Å². The van der Waals surface area contributed by atoms with Crippen LogP contribution in [-0.4, -0.2) is 33.9 Å². The molecule has 0 aliphatic carbocycles. The molecule has 1 aromatic carbocycles. The number of carbonyl (C=O) groups is 1. The van der Waals surface area contributed by atoms with Crippen LogP contribution < -0.4 is 4.74 Å². The summed E-state index contributed by atoms with van der Waals surface area (Å²) in [6.45, 7) is 4.56. The summed E-state index contributed by atoms with van der Waals surface area (Å²) in [5.41, 5.74) is -0.734. The fourth-order valence-electron chi connectivity index (χ4n) is 2.30. The Morgan fingerprint density at radius 2 is 2.00 bits per heavy atom. The molecule has 1 amide bonds. The Balaban J connectivity index is 2.28. The molecule has 1 aromatic heterocycles. The summed E-state index contributed by atoms with van der Waals surface area (Å²) in [6.07, 6.45) is -1.63. The number of ether oxygens (including phenoxy) is 1. The number of hydrogen-bond acceptors (Lipinski definition) is 4. The van der Waals surface area contributed by atoms with Crippen molar-refractivity contribution in [1.82, 2.24) is 14.8 Å². The first-order valence-corrected chi connectivity index (χ1v) is 8.59. The minimum absolute atomic E-state index is 0.0610. The molecule has 0 unspecified atom stereocenters. The SMILES string of the molecule is CCCON(CCC)C(=O)c1cn(C)nc1Oc1cccc(C(F)(F)F)c1. The highest BCUT2D eigenvalue weighted by Crippen LogP contribution is 2.33. The molecule has 6 nitrogen and oxygen atoms in total.